The fourth-order valence-electron chi connectivity index (χ4n) is 4.47. The quantitative estimate of drug-likeness (QED) is 0.535. The van der Waals surface area contributed by atoms with Crippen molar-refractivity contribution in [3.63, 3.8) is 0 Å². The van der Waals surface area contributed by atoms with Crippen molar-refractivity contribution in [3.05, 3.63) is 28.8 Å². The third kappa shape index (κ3) is 9.07. The Morgan fingerprint density at radius 3 is 2.11 bits per heavy atom. The molecule has 3 aliphatic heterocycles. The predicted octanol–water partition coefficient (Wildman–Crippen LogP) is 5.12. The minimum absolute atomic E-state index is 0.0586. The molecule has 2 fully saturated rings. The van der Waals surface area contributed by atoms with Crippen LogP contribution in [0.1, 0.15) is 66.4 Å². The smallest absolute Gasteiger partial charge is 0.410 e. The number of benzene rings is 1. The van der Waals surface area contributed by atoms with Gasteiger partial charge in [0, 0.05) is 49.5 Å². The van der Waals surface area contributed by atoms with Crippen molar-refractivity contribution in [2.45, 2.75) is 84.6 Å². The highest BCUT2D eigenvalue weighted by atomic mass is 35.5. The van der Waals surface area contributed by atoms with E-state index in [4.69, 9.17) is 21.1 Å². The number of hydrogen-bond donors (Lipinski definition) is 1. The minimum Gasteiger partial charge on any atom is -0.444 e. The molecule has 4 rings (SSSR count). The van der Waals surface area contributed by atoms with Crippen LogP contribution in [0, 0.1) is 0 Å². The van der Waals surface area contributed by atoms with Crippen LogP contribution in [0.15, 0.2) is 18.2 Å². The average Bonchev–Trinajstić information content (AvgIpc) is 3.43. The average molecular weight is 537 g/mol. The number of halogens is 1. The zero-order valence-electron chi connectivity index (χ0n) is 22.9. The first-order chi connectivity index (χ1) is 17.2. The summed E-state index contributed by atoms with van der Waals surface area (Å²) in [6.45, 7) is 15.1. The minimum atomic E-state index is -0.504. The summed E-state index contributed by atoms with van der Waals surface area (Å²) in [6, 6.07) is 5.69. The summed E-state index contributed by atoms with van der Waals surface area (Å²) in [6.07, 6.45) is 2.59. The molecule has 1 N–H and O–H groups in total. The van der Waals surface area contributed by atoms with Crippen LogP contribution in [0.4, 0.5) is 15.3 Å². The van der Waals surface area contributed by atoms with Crippen LogP contribution in [0.3, 0.4) is 0 Å². The molecule has 3 heterocycles. The predicted molar refractivity (Wildman–Crippen MR) is 144 cm³/mol. The van der Waals surface area contributed by atoms with Crippen LogP contribution in [0.2, 0.25) is 5.02 Å². The number of amides is 3. The van der Waals surface area contributed by atoms with Crippen LogP contribution in [-0.2, 0) is 20.8 Å². The monoisotopic (exact) mass is 536 g/mol. The maximum Gasteiger partial charge on any atom is 0.410 e. The second kappa shape index (κ2) is 11.9. The van der Waals surface area contributed by atoms with Crippen LogP contribution in [0.25, 0.3) is 0 Å². The number of anilines is 1. The summed E-state index contributed by atoms with van der Waals surface area (Å²) in [5.74, 6) is -0.0586. The number of rotatable bonds is 1. The number of carbonyl (C=O) groups excluding carboxylic acids is 3. The first-order valence-electron chi connectivity index (χ1n) is 13.0. The topological polar surface area (TPSA) is 91.4 Å². The van der Waals surface area contributed by atoms with Crippen LogP contribution in [-0.4, -0.2) is 82.8 Å². The number of hydrogen-bond acceptors (Lipinski definition) is 6. The Balaban J connectivity index is 0.000000266. The lowest BCUT2D eigenvalue weighted by atomic mass is 10.1. The van der Waals surface area contributed by atoms with Gasteiger partial charge in [-0.1, -0.05) is 17.7 Å². The molecule has 1 atom stereocenters. The van der Waals surface area contributed by atoms with Gasteiger partial charge < -0.3 is 24.6 Å². The molecule has 10 heteroatoms. The Labute approximate surface area is 225 Å². The molecule has 0 radical (unpaired) electrons. The third-order valence-corrected chi connectivity index (χ3v) is 6.39. The highest BCUT2D eigenvalue weighted by Crippen LogP contribution is 2.28. The number of carbonyl (C=O) groups is 3. The highest BCUT2D eigenvalue weighted by molar-refractivity contribution is 6.31. The van der Waals surface area contributed by atoms with Crippen molar-refractivity contribution in [2.24, 2.45) is 0 Å². The summed E-state index contributed by atoms with van der Waals surface area (Å²) in [5.41, 5.74) is 0.934. The number of likely N-dealkylation sites (tertiary alicyclic amines) is 2. The van der Waals surface area contributed by atoms with Gasteiger partial charge in [-0.3, -0.25) is 9.69 Å². The van der Waals surface area contributed by atoms with Gasteiger partial charge in [-0.25, -0.2) is 9.59 Å². The molecule has 3 aliphatic rings. The third-order valence-electron chi connectivity index (χ3n) is 6.16. The van der Waals surface area contributed by atoms with Crippen molar-refractivity contribution in [3.8, 4) is 0 Å². The van der Waals surface area contributed by atoms with Crippen molar-refractivity contribution in [1.29, 1.82) is 0 Å². The Hall–Kier alpha value is -2.52. The molecule has 2 saturated heterocycles. The van der Waals surface area contributed by atoms with Gasteiger partial charge in [0.15, 0.2) is 0 Å². The fraction of sp³-hybridized carbons (Fsp3) is 0.667. The molecule has 206 valence electrons. The van der Waals surface area contributed by atoms with Gasteiger partial charge in [0.25, 0.3) is 0 Å². The Kier molecular flexibility index (Phi) is 9.34. The maximum atomic E-state index is 12.2. The van der Waals surface area contributed by atoms with Gasteiger partial charge in [-0.05, 0) is 78.5 Å². The van der Waals surface area contributed by atoms with Gasteiger partial charge in [-0.2, -0.15) is 0 Å². The van der Waals surface area contributed by atoms with E-state index >= 15 is 0 Å². The fourth-order valence-corrected chi connectivity index (χ4v) is 4.64. The van der Waals surface area contributed by atoms with E-state index in [1.54, 1.807) is 15.9 Å². The Bertz CT molecular complexity index is 982. The van der Waals surface area contributed by atoms with Gasteiger partial charge in [0.2, 0.25) is 5.91 Å². The van der Waals surface area contributed by atoms with Gasteiger partial charge >= 0.3 is 12.2 Å². The molecule has 0 aromatic heterocycles. The molecule has 1 aromatic carbocycles. The summed E-state index contributed by atoms with van der Waals surface area (Å²) in [7, 11) is 0. The van der Waals surface area contributed by atoms with Crippen LogP contribution < -0.4 is 5.32 Å². The molecule has 3 amide bonds. The summed E-state index contributed by atoms with van der Waals surface area (Å²) in [5, 5.41) is 3.51. The van der Waals surface area contributed by atoms with E-state index in [1.807, 2.05) is 53.7 Å². The second-order valence-corrected chi connectivity index (χ2v) is 12.2. The standard InChI is InChI=1S/C18H24ClN3O3.C9H17NO2/c1-18(2,3)25-17(24)21-7-6-14(10-21)22-9-12-4-5-13(19)8-15(12)20-16(23)11-22;1-9(2,3)12-8(11)10-6-4-5-7-10/h4-5,8,14H,6-7,9-11H2,1-3H3,(H,20,23);4-7H2,1-3H3/t14-;/m1./s1. The largest absolute Gasteiger partial charge is 0.444 e. The van der Waals surface area contributed by atoms with E-state index in [-0.39, 0.29) is 29.7 Å². The first kappa shape index (κ1) is 29.0. The summed E-state index contributed by atoms with van der Waals surface area (Å²) in [4.78, 5) is 41.5. The molecule has 0 aliphatic carbocycles. The van der Waals surface area contributed by atoms with E-state index in [2.05, 4.69) is 10.2 Å². The summed E-state index contributed by atoms with van der Waals surface area (Å²) < 4.78 is 10.7. The van der Waals surface area contributed by atoms with Gasteiger partial charge in [0.05, 0.1) is 6.54 Å². The molecular weight excluding hydrogens is 496 g/mol. The van der Waals surface area contributed by atoms with E-state index in [9.17, 15) is 14.4 Å². The highest BCUT2D eigenvalue weighted by Gasteiger charge is 2.34. The number of ether oxygens (including phenoxy) is 2. The molecule has 1 aromatic rings. The number of fused-ring (bicyclic) bond motifs is 1. The SMILES string of the molecule is CC(C)(C)OC(=O)N1CCCC1.CC(C)(C)OC(=O)N1CC[C@@H](N2CC(=O)Nc3cc(Cl)ccc3C2)C1. The number of nitrogens with one attached hydrogen (secondary N) is 1. The van der Waals surface area contributed by atoms with Gasteiger partial charge in [0.1, 0.15) is 11.2 Å². The zero-order chi connectivity index (χ0) is 27.4. The lowest BCUT2D eigenvalue weighted by molar-refractivity contribution is -0.117. The van der Waals surface area contributed by atoms with E-state index < -0.39 is 5.60 Å². The van der Waals surface area contributed by atoms with Crippen molar-refractivity contribution >= 4 is 35.4 Å². The van der Waals surface area contributed by atoms with Crippen LogP contribution >= 0.6 is 11.6 Å². The van der Waals surface area contributed by atoms with Gasteiger partial charge in [-0.15, -0.1) is 0 Å². The molecule has 9 nitrogen and oxygen atoms in total. The lowest BCUT2D eigenvalue weighted by Gasteiger charge is -2.27. The molecule has 37 heavy (non-hydrogen) atoms. The van der Waals surface area contributed by atoms with E-state index in [0.717, 1.165) is 43.6 Å². The van der Waals surface area contributed by atoms with Crippen molar-refractivity contribution in [2.75, 3.05) is 38.0 Å². The normalized spacial score (nSPS) is 20.4. The van der Waals surface area contributed by atoms with Crippen molar-refractivity contribution in [1.82, 2.24) is 14.7 Å². The number of nitrogens with zero attached hydrogens (tertiary/aromatic N) is 3. The lowest BCUT2D eigenvalue weighted by Crippen LogP contribution is -2.42. The molecule has 0 bridgehead atoms. The first-order valence-corrected chi connectivity index (χ1v) is 13.4. The van der Waals surface area contributed by atoms with E-state index in [1.165, 1.54) is 0 Å². The molecule has 0 saturated carbocycles. The second-order valence-electron chi connectivity index (χ2n) is 11.8. The molecule has 0 spiro atoms. The molecular formula is C27H41ClN4O5. The Morgan fingerprint density at radius 1 is 0.919 bits per heavy atom. The van der Waals surface area contributed by atoms with E-state index in [0.29, 0.717) is 31.2 Å². The summed E-state index contributed by atoms with van der Waals surface area (Å²) >= 11 is 6.02. The molecule has 0 unspecified atom stereocenters. The van der Waals surface area contributed by atoms with Crippen LogP contribution in [0.5, 0.6) is 0 Å². The maximum absolute atomic E-state index is 12.2. The van der Waals surface area contributed by atoms with Crippen molar-refractivity contribution < 1.29 is 23.9 Å². The zero-order valence-corrected chi connectivity index (χ0v) is 23.7. The Morgan fingerprint density at radius 2 is 1.51 bits per heavy atom.